The van der Waals surface area contributed by atoms with Crippen LogP contribution >= 0.6 is 0 Å². The van der Waals surface area contributed by atoms with Crippen LogP contribution in [0.1, 0.15) is 39.3 Å². The highest BCUT2D eigenvalue weighted by molar-refractivity contribution is 5.36. The van der Waals surface area contributed by atoms with E-state index in [1.165, 1.54) is 12.8 Å². The zero-order valence-corrected chi connectivity index (χ0v) is 13.0. The molecule has 1 fully saturated rings. The van der Waals surface area contributed by atoms with Crippen molar-refractivity contribution >= 4 is 5.95 Å². The van der Waals surface area contributed by atoms with Crippen molar-refractivity contribution in [2.75, 3.05) is 24.5 Å². The molecule has 1 unspecified atom stereocenters. The van der Waals surface area contributed by atoms with Gasteiger partial charge in [0, 0.05) is 30.9 Å². The average molecular weight is 278 g/mol. The Balaban J connectivity index is 2.21. The molecule has 0 aliphatic carbocycles. The lowest BCUT2D eigenvalue weighted by molar-refractivity contribution is 0.232. The summed E-state index contributed by atoms with van der Waals surface area (Å²) in [5.41, 5.74) is 0.952. The molecule has 5 heteroatoms. The fourth-order valence-corrected chi connectivity index (χ4v) is 2.62. The molecular weight excluding hydrogens is 252 g/mol. The van der Waals surface area contributed by atoms with Crippen molar-refractivity contribution in [1.29, 1.82) is 0 Å². The summed E-state index contributed by atoms with van der Waals surface area (Å²) in [6.07, 6.45) is 2.53. The Kier molecular flexibility index (Phi) is 5.17. The standard InChI is InChI=1S/C15H26N4O/c1-5-19(13-7-6-8-16-10-13)15-17-12(4)9-14(18-15)20-11(2)3/h9,11,13,16H,5-8,10H2,1-4H3. The number of anilines is 1. The molecule has 0 amide bonds. The molecule has 1 N–H and O–H groups in total. The van der Waals surface area contributed by atoms with E-state index in [0.717, 1.165) is 31.3 Å². The van der Waals surface area contributed by atoms with Crippen molar-refractivity contribution in [2.45, 2.75) is 52.7 Å². The predicted octanol–water partition coefficient (Wildman–Crippen LogP) is 2.15. The molecule has 1 aromatic rings. The summed E-state index contributed by atoms with van der Waals surface area (Å²) in [6.45, 7) is 11.2. The van der Waals surface area contributed by atoms with E-state index in [9.17, 15) is 0 Å². The van der Waals surface area contributed by atoms with Gasteiger partial charge < -0.3 is 15.0 Å². The first-order valence-electron chi connectivity index (χ1n) is 7.60. The van der Waals surface area contributed by atoms with Crippen LogP contribution in [0.5, 0.6) is 5.88 Å². The van der Waals surface area contributed by atoms with E-state index in [1.54, 1.807) is 0 Å². The highest BCUT2D eigenvalue weighted by Crippen LogP contribution is 2.20. The normalized spacial score (nSPS) is 19.1. The van der Waals surface area contributed by atoms with Crippen molar-refractivity contribution in [3.05, 3.63) is 11.8 Å². The monoisotopic (exact) mass is 278 g/mol. The number of aryl methyl sites for hydroxylation is 1. The van der Waals surface area contributed by atoms with Gasteiger partial charge in [-0.3, -0.25) is 0 Å². The Labute approximate surface area is 121 Å². The number of nitrogens with zero attached hydrogens (tertiary/aromatic N) is 3. The molecule has 1 saturated heterocycles. The zero-order valence-electron chi connectivity index (χ0n) is 13.0. The summed E-state index contributed by atoms with van der Waals surface area (Å²) in [5, 5.41) is 3.45. The first-order chi connectivity index (χ1) is 9.60. The molecule has 1 atom stereocenters. The van der Waals surface area contributed by atoms with E-state index in [4.69, 9.17) is 4.74 Å². The molecule has 0 spiro atoms. The number of hydrogen-bond acceptors (Lipinski definition) is 5. The summed E-state index contributed by atoms with van der Waals surface area (Å²) in [5.74, 6) is 1.46. The van der Waals surface area contributed by atoms with Crippen molar-refractivity contribution in [2.24, 2.45) is 0 Å². The molecule has 2 rings (SSSR count). The lowest BCUT2D eigenvalue weighted by Crippen LogP contribution is -2.46. The molecule has 1 aliphatic heterocycles. The predicted molar refractivity (Wildman–Crippen MR) is 81.4 cm³/mol. The Morgan fingerprint density at radius 2 is 2.25 bits per heavy atom. The fraction of sp³-hybridized carbons (Fsp3) is 0.733. The summed E-state index contributed by atoms with van der Waals surface area (Å²) >= 11 is 0. The highest BCUT2D eigenvalue weighted by Gasteiger charge is 2.22. The molecule has 0 saturated carbocycles. The Bertz CT molecular complexity index is 430. The molecule has 0 aromatic carbocycles. The van der Waals surface area contributed by atoms with Crippen molar-refractivity contribution < 1.29 is 4.74 Å². The summed E-state index contributed by atoms with van der Waals surface area (Å²) < 4.78 is 5.72. The van der Waals surface area contributed by atoms with Crippen LogP contribution in [0, 0.1) is 6.92 Å². The molecular formula is C15H26N4O. The smallest absolute Gasteiger partial charge is 0.229 e. The summed E-state index contributed by atoms with van der Waals surface area (Å²) in [4.78, 5) is 11.5. The van der Waals surface area contributed by atoms with Gasteiger partial charge in [0.25, 0.3) is 0 Å². The second kappa shape index (κ2) is 6.88. The third-order valence-corrected chi connectivity index (χ3v) is 3.48. The lowest BCUT2D eigenvalue weighted by atomic mass is 10.1. The summed E-state index contributed by atoms with van der Waals surface area (Å²) in [7, 11) is 0. The number of nitrogens with one attached hydrogen (secondary N) is 1. The van der Waals surface area contributed by atoms with Crippen LogP contribution in [0.4, 0.5) is 5.95 Å². The van der Waals surface area contributed by atoms with Gasteiger partial charge in [-0.2, -0.15) is 4.98 Å². The average Bonchev–Trinajstić information content (AvgIpc) is 2.39. The third kappa shape index (κ3) is 3.82. The molecule has 2 heterocycles. The van der Waals surface area contributed by atoms with E-state index in [1.807, 2.05) is 26.8 Å². The van der Waals surface area contributed by atoms with Crippen LogP contribution in [-0.4, -0.2) is 41.7 Å². The maximum Gasteiger partial charge on any atom is 0.229 e. The fourth-order valence-electron chi connectivity index (χ4n) is 2.62. The summed E-state index contributed by atoms with van der Waals surface area (Å²) in [6, 6.07) is 2.37. The number of hydrogen-bond donors (Lipinski definition) is 1. The number of ether oxygens (including phenoxy) is 1. The van der Waals surface area contributed by atoms with Gasteiger partial charge in [0.1, 0.15) is 0 Å². The van der Waals surface area contributed by atoms with Gasteiger partial charge in [-0.05, 0) is 47.1 Å². The molecule has 20 heavy (non-hydrogen) atoms. The number of likely N-dealkylation sites (N-methyl/N-ethyl adjacent to an activating group) is 1. The molecule has 0 bridgehead atoms. The second-order valence-electron chi connectivity index (χ2n) is 5.60. The Hall–Kier alpha value is -1.36. The van der Waals surface area contributed by atoms with E-state index in [2.05, 4.69) is 27.1 Å². The topological polar surface area (TPSA) is 50.3 Å². The zero-order chi connectivity index (χ0) is 14.5. The van der Waals surface area contributed by atoms with Gasteiger partial charge in [-0.15, -0.1) is 0 Å². The molecule has 0 radical (unpaired) electrons. The van der Waals surface area contributed by atoms with Gasteiger partial charge in [0.05, 0.1) is 6.10 Å². The van der Waals surface area contributed by atoms with Gasteiger partial charge >= 0.3 is 0 Å². The van der Waals surface area contributed by atoms with Crippen molar-refractivity contribution in [1.82, 2.24) is 15.3 Å². The first-order valence-corrected chi connectivity index (χ1v) is 7.60. The van der Waals surface area contributed by atoms with E-state index >= 15 is 0 Å². The SMILES string of the molecule is CCN(c1nc(C)cc(OC(C)C)n1)C1CCCNC1. The minimum atomic E-state index is 0.128. The van der Waals surface area contributed by atoms with Crippen LogP contribution in [0.15, 0.2) is 6.07 Å². The van der Waals surface area contributed by atoms with E-state index in [-0.39, 0.29) is 6.10 Å². The van der Waals surface area contributed by atoms with Gasteiger partial charge in [-0.1, -0.05) is 0 Å². The minimum absolute atomic E-state index is 0.128. The number of aromatic nitrogens is 2. The largest absolute Gasteiger partial charge is 0.475 e. The van der Waals surface area contributed by atoms with Crippen molar-refractivity contribution in [3.63, 3.8) is 0 Å². The molecule has 1 aromatic heterocycles. The Morgan fingerprint density at radius 1 is 1.45 bits per heavy atom. The van der Waals surface area contributed by atoms with Crippen LogP contribution < -0.4 is 15.0 Å². The first kappa shape index (κ1) is 15.0. The van der Waals surface area contributed by atoms with Crippen LogP contribution in [0.25, 0.3) is 0 Å². The van der Waals surface area contributed by atoms with E-state index < -0.39 is 0 Å². The maximum absolute atomic E-state index is 5.72. The van der Waals surface area contributed by atoms with Crippen LogP contribution in [-0.2, 0) is 0 Å². The minimum Gasteiger partial charge on any atom is -0.475 e. The van der Waals surface area contributed by atoms with Gasteiger partial charge in [0.2, 0.25) is 11.8 Å². The van der Waals surface area contributed by atoms with Gasteiger partial charge in [0.15, 0.2) is 0 Å². The number of piperidine rings is 1. The Morgan fingerprint density at radius 3 is 2.85 bits per heavy atom. The maximum atomic E-state index is 5.72. The van der Waals surface area contributed by atoms with Crippen LogP contribution in [0.3, 0.4) is 0 Å². The number of rotatable bonds is 5. The quantitative estimate of drug-likeness (QED) is 0.894. The molecule has 5 nitrogen and oxygen atoms in total. The van der Waals surface area contributed by atoms with Gasteiger partial charge in [-0.25, -0.2) is 4.98 Å². The molecule has 112 valence electrons. The third-order valence-electron chi connectivity index (χ3n) is 3.48. The lowest BCUT2D eigenvalue weighted by Gasteiger charge is -2.34. The van der Waals surface area contributed by atoms with Crippen LogP contribution in [0.2, 0.25) is 0 Å². The van der Waals surface area contributed by atoms with E-state index in [0.29, 0.717) is 11.9 Å². The van der Waals surface area contributed by atoms with Crippen molar-refractivity contribution in [3.8, 4) is 5.88 Å². The molecule has 1 aliphatic rings. The highest BCUT2D eigenvalue weighted by atomic mass is 16.5. The second-order valence-corrected chi connectivity index (χ2v) is 5.60.